The molecule has 0 saturated carbocycles. The minimum Gasteiger partial charge on any atom is -0.305 e. The van der Waals surface area contributed by atoms with Crippen LogP contribution in [-0.4, -0.2) is 9.38 Å². The van der Waals surface area contributed by atoms with Crippen LogP contribution in [0, 0.1) is 24.3 Å². The maximum atomic E-state index is 8.71. The van der Waals surface area contributed by atoms with Crippen LogP contribution in [0.25, 0.3) is 5.65 Å². The van der Waals surface area contributed by atoms with Gasteiger partial charge in [0.15, 0.2) is 0 Å². The van der Waals surface area contributed by atoms with E-state index in [1.807, 2.05) is 6.92 Å². The lowest BCUT2D eigenvalue weighted by atomic mass is 10.2. The first-order valence-corrected chi connectivity index (χ1v) is 3.57. The zero-order valence-corrected chi connectivity index (χ0v) is 6.57. The van der Waals surface area contributed by atoms with E-state index in [2.05, 4.69) is 17.1 Å². The number of aromatic nitrogens is 2. The summed E-state index contributed by atoms with van der Waals surface area (Å²) in [6.45, 7) is 1.85. The third-order valence-corrected chi connectivity index (χ3v) is 1.76. The molecule has 0 fully saturated rings. The SMILES string of the molecule is Cc1[c]c2nccn2cc1C#N. The van der Waals surface area contributed by atoms with Crippen LogP contribution in [0.5, 0.6) is 0 Å². The molecule has 3 nitrogen and oxygen atoms in total. The van der Waals surface area contributed by atoms with Crippen molar-refractivity contribution >= 4 is 5.65 Å². The largest absolute Gasteiger partial charge is 0.305 e. The van der Waals surface area contributed by atoms with Crippen molar-refractivity contribution in [1.82, 2.24) is 9.38 Å². The number of pyridine rings is 1. The van der Waals surface area contributed by atoms with Gasteiger partial charge in [-0.1, -0.05) is 0 Å². The first kappa shape index (κ1) is 6.86. The van der Waals surface area contributed by atoms with E-state index < -0.39 is 0 Å². The number of imidazole rings is 1. The van der Waals surface area contributed by atoms with Crippen molar-refractivity contribution in [3.63, 3.8) is 0 Å². The highest BCUT2D eigenvalue weighted by Crippen LogP contribution is 2.08. The van der Waals surface area contributed by atoms with Gasteiger partial charge in [-0.05, 0) is 12.5 Å². The average Bonchev–Trinajstić information content (AvgIpc) is 2.49. The van der Waals surface area contributed by atoms with E-state index in [0.29, 0.717) is 5.56 Å². The zero-order valence-electron chi connectivity index (χ0n) is 6.57. The van der Waals surface area contributed by atoms with Gasteiger partial charge in [0, 0.05) is 24.7 Å². The van der Waals surface area contributed by atoms with Crippen LogP contribution in [-0.2, 0) is 0 Å². The lowest BCUT2D eigenvalue weighted by Crippen LogP contribution is -1.89. The smallest absolute Gasteiger partial charge is 0.145 e. The summed E-state index contributed by atoms with van der Waals surface area (Å²) in [6.07, 6.45) is 5.24. The minimum absolute atomic E-state index is 0.639. The number of hydrogen-bond acceptors (Lipinski definition) is 2. The Kier molecular flexibility index (Phi) is 1.34. The molecule has 3 heteroatoms. The predicted octanol–water partition coefficient (Wildman–Crippen LogP) is 1.31. The van der Waals surface area contributed by atoms with Gasteiger partial charge in [-0.25, -0.2) is 4.98 Å². The Bertz CT molecular complexity index is 462. The first-order chi connectivity index (χ1) is 5.81. The molecular weight excluding hydrogens is 150 g/mol. The van der Waals surface area contributed by atoms with Gasteiger partial charge in [-0.2, -0.15) is 5.26 Å². The van der Waals surface area contributed by atoms with E-state index in [-0.39, 0.29) is 0 Å². The Hall–Kier alpha value is -1.82. The van der Waals surface area contributed by atoms with Crippen molar-refractivity contribution in [2.45, 2.75) is 6.92 Å². The lowest BCUT2D eigenvalue weighted by molar-refractivity contribution is 1.15. The molecule has 0 amide bonds. The Morgan fingerprint density at radius 1 is 1.67 bits per heavy atom. The number of rotatable bonds is 0. The molecule has 0 unspecified atom stereocenters. The Morgan fingerprint density at radius 2 is 2.50 bits per heavy atom. The highest BCUT2D eigenvalue weighted by atomic mass is 15.0. The van der Waals surface area contributed by atoms with Crippen LogP contribution in [0.4, 0.5) is 0 Å². The van der Waals surface area contributed by atoms with E-state index in [1.165, 1.54) is 0 Å². The van der Waals surface area contributed by atoms with Crippen LogP contribution >= 0.6 is 0 Å². The Balaban J connectivity index is 2.84. The molecule has 2 rings (SSSR count). The van der Waals surface area contributed by atoms with Crippen LogP contribution in [0.3, 0.4) is 0 Å². The third-order valence-electron chi connectivity index (χ3n) is 1.76. The molecule has 2 aromatic rings. The minimum atomic E-state index is 0.639. The van der Waals surface area contributed by atoms with E-state index in [4.69, 9.17) is 5.26 Å². The van der Waals surface area contributed by atoms with Gasteiger partial charge in [0.2, 0.25) is 0 Å². The molecule has 12 heavy (non-hydrogen) atoms. The van der Waals surface area contributed by atoms with Crippen molar-refractivity contribution in [1.29, 1.82) is 5.26 Å². The Labute approximate surface area is 69.9 Å². The maximum Gasteiger partial charge on any atom is 0.145 e. The second-order valence-corrected chi connectivity index (χ2v) is 2.56. The summed E-state index contributed by atoms with van der Waals surface area (Å²) in [4.78, 5) is 4.05. The molecule has 0 atom stereocenters. The summed E-state index contributed by atoms with van der Waals surface area (Å²) in [5, 5.41) is 8.71. The average molecular weight is 156 g/mol. The van der Waals surface area contributed by atoms with Gasteiger partial charge in [-0.15, -0.1) is 0 Å². The molecule has 0 bridgehead atoms. The summed E-state index contributed by atoms with van der Waals surface area (Å²) in [7, 11) is 0. The number of aryl methyl sites for hydroxylation is 1. The van der Waals surface area contributed by atoms with E-state index in [0.717, 1.165) is 11.2 Å². The number of nitrogens with zero attached hydrogens (tertiary/aromatic N) is 3. The van der Waals surface area contributed by atoms with Gasteiger partial charge < -0.3 is 4.40 Å². The molecule has 2 aromatic heterocycles. The monoisotopic (exact) mass is 156 g/mol. The quantitative estimate of drug-likeness (QED) is 0.577. The molecule has 0 aliphatic rings. The second kappa shape index (κ2) is 2.35. The molecule has 2 heterocycles. The van der Waals surface area contributed by atoms with Gasteiger partial charge in [0.1, 0.15) is 11.7 Å². The van der Waals surface area contributed by atoms with E-state index in [9.17, 15) is 0 Å². The fourth-order valence-electron chi connectivity index (χ4n) is 1.10. The van der Waals surface area contributed by atoms with E-state index in [1.54, 1.807) is 23.0 Å². The summed E-state index contributed by atoms with van der Waals surface area (Å²) < 4.78 is 1.78. The van der Waals surface area contributed by atoms with Crippen molar-refractivity contribution in [2.24, 2.45) is 0 Å². The topological polar surface area (TPSA) is 41.1 Å². The molecule has 0 saturated heterocycles. The van der Waals surface area contributed by atoms with Crippen molar-refractivity contribution in [3.8, 4) is 6.07 Å². The summed E-state index contributed by atoms with van der Waals surface area (Å²) in [5.41, 5.74) is 2.24. The number of hydrogen-bond donors (Lipinski definition) is 0. The van der Waals surface area contributed by atoms with Gasteiger partial charge in [0.05, 0.1) is 5.56 Å². The lowest BCUT2D eigenvalue weighted by Gasteiger charge is -1.96. The maximum absolute atomic E-state index is 8.71. The molecule has 1 radical (unpaired) electrons. The zero-order chi connectivity index (χ0) is 8.55. The van der Waals surface area contributed by atoms with Crippen LogP contribution < -0.4 is 0 Å². The fourth-order valence-corrected chi connectivity index (χ4v) is 1.10. The standard InChI is InChI=1S/C9H6N3/c1-7-4-9-11-2-3-12(9)6-8(7)5-10/h2-3,6H,1H3. The molecule has 0 spiro atoms. The summed E-state index contributed by atoms with van der Waals surface area (Å²) in [5.74, 6) is 0. The molecule has 57 valence electrons. The highest BCUT2D eigenvalue weighted by Gasteiger charge is 2.00. The second-order valence-electron chi connectivity index (χ2n) is 2.56. The Morgan fingerprint density at radius 3 is 3.25 bits per heavy atom. The number of fused-ring (bicyclic) bond motifs is 1. The third kappa shape index (κ3) is 0.857. The fraction of sp³-hybridized carbons (Fsp3) is 0.111. The van der Waals surface area contributed by atoms with Crippen molar-refractivity contribution < 1.29 is 0 Å². The normalized spacial score (nSPS) is 10.0. The molecular formula is C9H6N3. The molecule has 0 aromatic carbocycles. The summed E-state index contributed by atoms with van der Waals surface area (Å²) >= 11 is 0. The van der Waals surface area contributed by atoms with Gasteiger partial charge in [-0.3, -0.25) is 0 Å². The van der Waals surface area contributed by atoms with Crippen molar-refractivity contribution in [3.05, 3.63) is 35.8 Å². The summed E-state index contributed by atoms with van der Waals surface area (Å²) in [6, 6.07) is 5.12. The van der Waals surface area contributed by atoms with Gasteiger partial charge >= 0.3 is 0 Å². The van der Waals surface area contributed by atoms with Crippen LogP contribution in [0.1, 0.15) is 11.1 Å². The van der Waals surface area contributed by atoms with Crippen LogP contribution in [0.2, 0.25) is 0 Å². The molecule has 0 aliphatic carbocycles. The molecule has 0 aliphatic heterocycles. The van der Waals surface area contributed by atoms with Gasteiger partial charge in [0.25, 0.3) is 0 Å². The predicted molar refractivity (Wildman–Crippen MR) is 43.5 cm³/mol. The molecule has 0 N–H and O–H groups in total. The highest BCUT2D eigenvalue weighted by molar-refractivity contribution is 5.46. The number of nitriles is 1. The van der Waals surface area contributed by atoms with Crippen molar-refractivity contribution in [2.75, 3.05) is 0 Å². The first-order valence-electron chi connectivity index (χ1n) is 3.57. The van der Waals surface area contributed by atoms with E-state index >= 15 is 0 Å². The van der Waals surface area contributed by atoms with Crippen LogP contribution in [0.15, 0.2) is 18.6 Å².